The molecular formula is C29H30F6N8O4. The van der Waals surface area contributed by atoms with Crippen molar-refractivity contribution in [2.45, 2.75) is 57.2 Å². The fourth-order valence-electron chi connectivity index (χ4n) is 4.98. The van der Waals surface area contributed by atoms with Gasteiger partial charge in [-0.25, -0.2) is 14.6 Å². The number of ether oxygens (including phenoxy) is 2. The predicted octanol–water partition coefficient (Wildman–Crippen LogP) is 4.91. The smallest absolute Gasteiger partial charge is 0.423 e. The minimum atomic E-state index is -4.94. The van der Waals surface area contributed by atoms with Crippen molar-refractivity contribution in [3.05, 3.63) is 81.6 Å². The van der Waals surface area contributed by atoms with Crippen LogP contribution in [0.5, 0.6) is 5.75 Å². The third kappa shape index (κ3) is 8.35. The van der Waals surface area contributed by atoms with Gasteiger partial charge in [0.1, 0.15) is 17.9 Å². The highest BCUT2D eigenvalue weighted by Crippen LogP contribution is 2.33. The van der Waals surface area contributed by atoms with Crippen molar-refractivity contribution in [1.82, 2.24) is 29.9 Å². The van der Waals surface area contributed by atoms with Gasteiger partial charge in [0.15, 0.2) is 5.82 Å². The molecule has 1 fully saturated rings. The Morgan fingerprint density at radius 1 is 1.02 bits per heavy atom. The zero-order valence-electron chi connectivity index (χ0n) is 25.2. The van der Waals surface area contributed by atoms with Gasteiger partial charge in [-0.2, -0.15) is 36.4 Å². The molecule has 0 aliphatic carbocycles. The summed E-state index contributed by atoms with van der Waals surface area (Å²) in [5.41, 5.74) is -3.49. The van der Waals surface area contributed by atoms with Crippen LogP contribution >= 0.6 is 0 Å². The summed E-state index contributed by atoms with van der Waals surface area (Å²) in [4.78, 5) is 26.6. The van der Waals surface area contributed by atoms with Crippen LogP contribution in [0.15, 0.2) is 52.2 Å². The van der Waals surface area contributed by atoms with Crippen molar-refractivity contribution in [2.24, 2.45) is 0 Å². The quantitative estimate of drug-likeness (QED) is 0.219. The van der Waals surface area contributed by atoms with Gasteiger partial charge in [0.2, 0.25) is 5.95 Å². The zero-order valence-corrected chi connectivity index (χ0v) is 25.2. The lowest BCUT2D eigenvalue weighted by Crippen LogP contribution is -2.34. The summed E-state index contributed by atoms with van der Waals surface area (Å²) in [6.07, 6.45) is -5.82. The first kappa shape index (κ1) is 33.6. The Hall–Kier alpha value is -4.74. The van der Waals surface area contributed by atoms with Crippen LogP contribution in [-0.2, 0) is 30.2 Å². The van der Waals surface area contributed by atoms with Crippen LogP contribution in [0.25, 0.3) is 0 Å². The van der Waals surface area contributed by atoms with Crippen molar-refractivity contribution in [1.29, 1.82) is 0 Å². The van der Waals surface area contributed by atoms with Gasteiger partial charge in [-0.3, -0.25) is 4.79 Å². The maximum atomic E-state index is 14.0. The number of alkyl halides is 6. The molecule has 12 nitrogen and oxygen atoms in total. The van der Waals surface area contributed by atoms with Crippen molar-refractivity contribution in [3.63, 3.8) is 0 Å². The molecule has 1 aliphatic heterocycles. The van der Waals surface area contributed by atoms with E-state index in [2.05, 4.69) is 30.5 Å². The lowest BCUT2D eigenvalue weighted by atomic mass is 9.96. The number of benzene rings is 1. The average Bonchev–Trinajstić information content (AvgIpc) is 3.51. The van der Waals surface area contributed by atoms with Crippen LogP contribution in [0.3, 0.4) is 0 Å². The van der Waals surface area contributed by atoms with E-state index < -0.39 is 40.8 Å². The van der Waals surface area contributed by atoms with Crippen LogP contribution in [0.4, 0.5) is 38.0 Å². The number of rotatable bonds is 11. The van der Waals surface area contributed by atoms with Gasteiger partial charge < -0.3 is 24.2 Å². The monoisotopic (exact) mass is 668 g/mol. The van der Waals surface area contributed by atoms with Crippen molar-refractivity contribution in [2.75, 3.05) is 37.0 Å². The molecule has 252 valence electrons. The molecule has 1 unspecified atom stereocenters. The Morgan fingerprint density at radius 3 is 2.32 bits per heavy atom. The number of hydrogen-bond donors (Lipinski definition) is 1. The number of anilines is 2. The highest BCUT2D eigenvalue weighted by Gasteiger charge is 2.38. The predicted molar refractivity (Wildman–Crippen MR) is 154 cm³/mol. The summed E-state index contributed by atoms with van der Waals surface area (Å²) in [5.74, 6) is 1.31. The Kier molecular flexibility index (Phi) is 9.97. The number of hydrogen-bond acceptors (Lipinski definition) is 11. The fraction of sp³-hybridized carbons (Fsp3) is 0.448. The second kappa shape index (κ2) is 13.9. The summed E-state index contributed by atoms with van der Waals surface area (Å²) in [7, 11) is 1.48. The molecule has 1 aromatic carbocycles. The Balaban J connectivity index is 1.12. The minimum absolute atomic E-state index is 0.0601. The summed E-state index contributed by atoms with van der Waals surface area (Å²) in [6, 6.07) is 5.86. The third-order valence-corrected chi connectivity index (χ3v) is 7.41. The second-order valence-electron chi connectivity index (χ2n) is 10.9. The fourth-order valence-corrected chi connectivity index (χ4v) is 4.98. The van der Waals surface area contributed by atoms with Crippen molar-refractivity contribution in [3.8, 4) is 5.75 Å². The molecule has 1 atom stereocenters. The molecule has 47 heavy (non-hydrogen) atoms. The van der Waals surface area contributed by atoms with Gasteiger partial charge in [-0.05, 0) is 37.5 Å². The first-order valence-corrected chi connectivity index (χ1v) is 14.4. The Bertz CT molecular complexity index is 1690. The molecule has 1 saturated heterocycles. The van der Waals surface area contributed by atoms with Gasteiger partial charge in [0.05, 0.1) is 37.7 Å². The molecular weight excluding hydrogens is 638 g/mol. The SMILES string of the molecule is COc1ccc(Cn2ncc(NC(C)COCc3nc(C4CCN(c5ncc(C(F)(F)F)cn5)CC4)no3)c(C(F)(F)F)c2=O)cc1. The van der Waals surface area contributed by atoms with Gasteiger partial charge >= 0.3 is 12.4 Å². The normalized spacial score (nSPS) is 15.1. The Morgan fingerprint density at radius 2 is 1.70 bits per heavy atom. The van der Waals surface area contributed by atoms with E-state index in [0.29, 0.717) is 43.1 Å². The van der Waals surface area contributed by atoms with Crippen LogP contribution in [0.1, 0.15) is 54.1 Å². The molecule has 0 saturated carbocycles. The summed E-state index contributed by atoms with van der Waals surface area (Å²) < 4.78 is 96.9. The van der Waals surface area contributed by atoms with E-state index in [0.717, 1.165) is 23.3 Å². The number of piperidine rings is 1. The average molecular weight is 669 g/mol. The molecule has 1 aliphatic rings. The van der Waals surface area contributed by atoms with Crippen LogP contribution in [0.2, 0.25) is 0 Å². The number of methoxy groups -OCH3 is 1. The summed E-state index contributed by atoms with van der Waals surface area (Å²) in [5, 5.41) is 10.6. The van der Waals surface area contributed by atoms with E-state index in [4.69, 9.17) is 14.0 Å². The van der Waals surface area contributed by atoms with E-state index in [1.54, 1.807) is 36.1 Å². The van der Waals surface area contributed by atoms with Crippen LogP contribution in [-0.4, -0.2) is 62.7 Å². The highest BCUT2D eigenvalue weighted by molar-refractivity contribution is 5.50. The molecule has 0 amide bonds. The van der Waals surface area contributed by atoms with Gasteiger partial charge in [-0.15, -0.1) is 0 Å². The third-order valence-electron chi connectivity index (χ3n) is 7.41. The molecule has 5 rings (SSSR count). The lowest BCUT2D eigenvalue weighted by Gasteiger charge is -2.30. The highest BCUT2D eigenvalue weighted by atomic mass is 19.4. The molecule has 3 aromatic heterocycles. The summed E-state index contributed by atoms with van der Waals surface area (Å²) in [6.45, 7) is 2.20. The van der Waals surface area contributed by atoms with E-state index in [9.17, 15) is 31.1 Å². The van der Waals surface area contributed by atoms with E-state index in [-0.39, 0.29) is 37.5 Å². The van der Waals surface area contributed by atoms with E-state index >= 15 is 0 Å². The Labute approximate surface area is 263 Å². The molecule has 18 heteroatoms. The van der Waals surface area contributed by atoms with Gasteiger partial charge in [0, 0.05) is 37.4 Å². The minimum Gasteiger partial charge on any atom is -0.497 e. The first-order chi connectivity index (χ1) is 22.3. The van der Waals surface area contributed by atoms with E-state index in [1.165, 1.54) is 7.11 Å². The molecule has 1 N–H and O–H groups in total. The summed E-state index contributed by atoms with van der Waals surface area (Å²) >= 11 is 0. The van der Waals surface area contributed by atoms with E-state index in [1.807, 2.05) is 0 Å². The number of halogens is 6. The lowest BCUT2D eigenvalue weighted by molar-refractivity contribution is -0.139. The van der Waals surface area contributed by atoms with Crippen molar-refractivity contribution >= 4 is 11.6 Å². The van der Waals surface area contributed by atoms with Crippen molar-refractivity contribution < 1.29 is 40.3 Å². The van der Waals surface area contributed by atoms with Gasteiger partial charge in [-0.1, -0.05) is 17.3 Å². The maximum absolute atomic E-state index is 14.0. The standard InChI is InChI=1S/C29H30F6N8O4/c1-17(39-22-13-38-43(26(44)24(22)29(33,34)35)14-18-3-5-21(45-2)6-4-18)15-46-16-23-40-25(41-47-23)19-7-9-42(10-8-19)27-36-11-20(12-37-27)28(30,31)32/h3-6,11-13,17,19,39H,7-10,14-16H2,1-2H3. The first-order valence-electron chi connectivity index (χ1n) is 14.4. The molecule has 4 aromatic rings. The molecule has 0 radical (unpaired) electrons. The van der Waals surface area contributed by atoms with Crippen LogP contribution in [0, 0.1) is 0 Å². The topological polar surface area (TPSA) is 133 Å². The number of nitrogens with zero attached hydrogens (tertiary/aromatic N) is 7. The number of nitrogens with one attached hydrogen (secondary N) is 1. The maximum Gasteiger partial charge on any atom is 0.423 e. The zero-order chi connectivity index (χ0) is 33.8. The molecule has 0 spiro atoms. The molecule has 0 bridgehead atoms. The largest absolute Gasteiger partial charge is 0.497 e. The van der Waals surface area contributed by atoms with Gasteiger partial charge in [0.25, 0.3) is 11.4 Å². The van der Waals surface area contributed by atoms with Crippen LogP contribution < -0.4 is 20.5 Å². The molecule has 4 heterocycles. The second-order valence-corrected chi connectivity index (χ2v) is 10.9. The number of aromatic nitrogens is 6.